The Labute approximate surface area is 160 Å². The molecular weight excluding hydrogens is 585 g/mol. The van der Waals surface area contributed by atoms with Gasteiger partial charge in [-0.25, -0.2) is 17.5 Å². The van der Waals surface area contributed by atoms with Gasteiger partial charge in [-0.1, -0.05) is 0 Å². The van der Waals surface area contributed by atoms with Crippen molar-refractivity contribution >= 4 is 75.3 Å². The second-order valence-corrected chi connectivity index (χ2v) is 17.6. The zero-order valence-electron chi connectivity index (χ0n) is 10.9. The first kappa shape index (κ1) is 24.7. The van der Waals surface area contributed by atoms with Crippen molar-refractivity contribution in [1.82, 2.24) is 16.4 Å². The van der Waals surface area contributed by atoms with E-state index in [1.54, 1.807) is 0 Å². The van der Waals surface area contributed by atoms with Gasteiger partial charge in [0.1, 0.15) is 0 Å². The summed E-state index contributed by atoms with van der Waals surface area (Å²) in [6.45, 7) is 0.381. The minimum absolute atomic E-state index is 0.118. The van der Waals surface area contributed by atoms with Gasteiger partial charge >= 0.3 is 49.4 Å². The van der Waals surface area contributed by atoms with Gasteiger partial charge in [0.15, 0.2) is 0 Å². The molecule has 9 N–H and O–H groups in total. The maximum absolute atomic E-state index is 11.2. The Morgan fingerprint density at radius 2 is 1.71 bits per heavy atom. The Bertz CT molecular complexity index is 285. The molecule has 0 heterocycles. The molecule has 0 radical (unpaired) electrons. The van der Waals surface area contributed by atoms with Crippen molar-refractivity contribution in [1.29, 1.82) is 0 Å². The molecule has 0 aliphatic rings. The molecule has 0 saturated carbocycles. The van der Waals surface area contributed by atoms with Crippen molar-refractivity contribution < 1.29 is 23.9 Å². The normalized spacial score (nSPS) is 10.9. The number of nitrogens with two attached hydrogens (primary N) is 3. The Balaban J connectivity index is 0. The second kappa shape index (κ2) is 19.5. The summed E-state index contributed by atoms with van der Waals surface area (Å²) in [6.07, 6.45) is 0.194. The molecule has 125 valence electrons. The van der Waals surface area contributed by atoms with E-state index in [1.807, 2.05) is 10.9 Å². The van der Waals surface area contributed by atoms with Crippen LogP contribution in [0.5, 0.6) is 0 Å². The molecule has 0 aliphatic heterocycles. The van der Waals surface area contributed by atoms with Crippen LogP contribution in [0.3, 0.4) is 0 Å². The quantitative estimate of drug-likeness (QED) is 0.0476. The van der Waals surface area contributed by atoms with Crippen LogP contribution in [0.1, 0.15) is 6.42 Å². The second-order valence-electron chi connectivity index (χ2n) is 2.98. The maximum atomic E-state index is 11.2. The van der Waals surface area contributed by atoms with Crippen LogP contribution in [0.15, 0.2) is 0 Å². The molecule has 0 saturated heterocycles. The summed E-state index contributed by atoms with van der Waals surface area (Å²) in [5.41, 5.74) is 6.12. The SMILES string of the molecule is NNOCCSC(CC(=O)NN)SCC(=O)NN.[I][V][I]. The van der Waals surface area contributed by atoms with Gasteiger partial charge in [0, 0.05) is 12.2 Å². The van der Waals surface area contributed by atoms with Crippen LogP contribution in [0, 0.1) is 0 Å². The first-order valence-corrected chi connectivity index (χ1v) is 16.4. The Kier molecular flexibility index (Phi) is 23.0. The first-order valence-electron chi connectivity index (χ1n) is 5.27. The van der Waals surface area contributed by atoms with Gasteiger partial charge in [-0.3, -0.25) is 25.3 Å². The molecule has 2 amide bonds. The fraction of sp³-hybridized carbons (Fsp3) is 0.714. The predicted molar refractivity (Wildman–Crippen MR) is 99.3 cm³/mol. The topological polar surface area (TPSA) is 158 Å². The summed E-state index contributed by atoms with van der Waals surface area (Å²) in [5.74, 6) is 15.1. The molecule has 21 heavy (non-hydrogen) atoms. The molecular formula is C7H18I2N6O3S2V. The zero-order chi connectivity index (χ0) is 16.5. The van der Waals surface area contributed by atoms with E-state index in [-0.39, 0.29) is 28.6 Å². The van der Waals surface area contributed by atoms with E-state index in [9.17, 15) is 9.59 Å². The summed E-state index contributed by atoms with van der Waals surface area (Å²) in [5, 5.41) is 0. The van der Waals surface area contributed by atoms with Crippen molar-refractivity contribution in [3.63, 3.8) is 0 Å². The van der Waals surface area contributed by atoms with Crippen molar-refractivity contribution in [2.24, 2.45) is 17.5 Å². The van der Waals surface area contributed by atoms with Crippen LogP contribution in [0.2, 0.25) is 0 Å². The van der Waals surface area contributed by atoms with Gasteiger partial charge in [0.25, 0.3) is 0 Å². The van der Waals surface area contributed by atoms with Crippen LogP contribution >= 0.6 is 63.5 Å². The Morgan fingerprint density at radius 1 is 1.14 bits per heavy atom. The number of rotatable bonds is 10. The molecule has 0 aliphatic carbocycles. The molecule has 14 heteroatoms. The molecule has 0 spiro atoms. The van der Waals surface area contributed by atoms with Crippen LogP contribution in [-0.2, 0) is 23.9 Å². The third-order valence-electron chi connectivity index (χ3n) is 1.65. The van der Waals surface area contributed by atoms with Crippen LogP contribution < -0.4 is 34.0 Å². The molecule has 1 unspecified atom stereocenters. The predicted octanol–water partition coefficient (Wildman–Crippen LogP) is -0.687. The Hall–Kier alpha value is 1.48. The molecule has 9 nitrogen and oxygen atoms in total. The van der Waals surface area contributed by atoms with E-state index in [4.69, 9.17) is 22.4 Å². The summed E-state index contributed by atoms with van der Waals surface area (Å²) >= 11 is 7.50. The number of halogens is 2. The fourth-order valence-corrected chi connectivity index (χ4v) is 3.15. The molecule has 1 atom stereocenters. The molecule has 0 fully saturated rings. The zero-order valence-corrected chi connectivity index (χ0v) is 18.2. The van der Waals surface area contributed by atoms with E-state index in [2.05, 4.69) is 45.5 Å². The van der Waals surface area contributed by atoms with Gasteiger partial charge in [-0.05, 0) is 0 Å². The Morgan fingerprint density at radius 3 is 2.19 bits per heavy atom. The van der Waals surface area contributed by atoms with Crippen LogP contribution in [0.25, 0.3) is 0 Å². The minimum atomic E-state index is -0.307. The van der Waals surface area contributed by atoms with Gasteiger partial charge in [0.05, 0.1) is 16.9 Å². The van der Waals surface area contributed by atoms with Crippen molar-refractivity contribution in [2.75, 3.05) is 18.1 Å². The number of amides is 2. The summed E-state index contributed by atoms with van der Waals surface area (Å²) < 4.78 is -0.118. The number of carbonyl (C=O) groups is 2. The molecule has 0 bridgehead atoms. The van der Waals surface area contributed by atoms with Crippen LogP contribution in [0.4, 0.5) is 0 Å². The van der Waals surface area contributed by atoms with Crippen molar-refractivity contribution in [2.45, 2.75) is 11.0 Å². The van der Waals surface area contributed by atoms with Gasteiger partial charge in [-0.15, -0.1) is 29.1 Å². The number of hydrazine groups is 3. The van der Waals surface area contributed by atoms with Crippen molar-refractivity contribution in [3.05, 3.63) is 0 Å². The van der Waals surface area contributed by atoms with Gasteiger partial charge < -0.3 is 0 Å². The number of nitrogens with one attached hydrogen (secondary N) is 3. The van der Waals surface area contributed by atoms with E-state index in [1.165, 1.54) is 23.5 Å². The van der Waals surface area contributed by atoms with E-state index >= 15 is 0 Å². The fourth-order valence-electron chi connectivity index (χ4n) is 0.867. The summed E-state index contributed by atoms with van der Waals surface area (Å²) in [7, 11) is 0.628. The average Bonchev–Trinajstić information content (AvgIpc) is 2.48. The van der Waals surface area contributed by atoms with E-state index < -0.39 is 0 Å². The monoisotopic (exact) mass is 603 g/mol. The summed E-state index contributed by atoms with van der Waals surface area (Å²) in [6, 6.07) is 0. The third kappa shape index (κ3) is 19.4. The van der Waals surface area contributed by atoms with Crippen molar-refractivity contribution in [3.8, 4) is 0 Å². The molecule has 0 rings (SSSR count). The molecule has 0 aromatic heterocycles. The number of hydrogen-bond donors (Lipinski definition) is 6. The van der Waals surface area contributed by atoms with E-state index in [0.717, 1.165) is 0 Å². The standard InChI is InChI=1S/C7H18N6O3S2.2HI.V/c8-11-5(14)3-7(17-2-1-16-13-10)18-4-6(15)12-9;;;/h7,13H,1-4,8-10H2,(H,11,14)(H,12,15);2*1H;/q;;;+2/p-2. The van der Waals surface area contributed by atoms with Gasteiger partial charge in [0.2, 0.25) is 11.8 Å². The third-order valence-corrected chi connectivity index (χ3v) is 4.37. The number of hydrogen-bond acceptors (Lipinski definition) is 9. The number of thioether (sulfide) groups is 2. The average molecular weight is 603 g/mol. The van der Waals surface area contributed by atoms with E-state index in [0.29, 0.717) is 21.8 Å². The molecule has 0 aromatic carbocycles. The van der Waals surface area contributed by atoms with Crippen LogP contribution in [-0.4, -0.2) is 34.5 Å². The molecule has 0 aromatic rings. The number of carbonyl (C=O) groups excluding carboxylic acids is 2. The summed E-state index contributed by atoms with van der Waals surface area (Å²) in [4.78, 5) is 26.9. The first-order chi connectivity index (χ1) is 10.0. The van der Waals surface area contributed by atoms with Gasteiger partial charge in [-0.2, -0.15) is 0 Å².